The second-order valence-corrected chi connectivity index (χ2v) is 2.40. The van der Waals surface area contributed by atoms with Crippen molar-refractivity contribution in [3.63, 3.8) is 0 Å². The number of carbonyl (C=O) groups is 1. The molecule has 0 aromatic rings. The van der Waals surface area contributed by atoms with Crippen molar-refractivity contribution in [1.29, 1.82) is 0 Å². The molecule has 0 radical (unpaired) electrons. The third kappa shape index (κ3) is 1.79. The summed E-state index contributed by atoms with van der Waals surface area (Å²) >= 11 is 0. The molecule has 0 aromatic heterocycles. The molecule has 0 saturated carbocycles. The van der Waals surface area contributed by atoms with E-state index < -0.39 is 0 Å². The van der Waals surface area contributed by atoms with E-state index in [1.165, 1.54) is 0 Å². The minimum atomic E-state index is -0.0333. The van der Waals surface area contributed by atoms with Gasteiger partial charge >= 0.3 is 0 Å². The predicted octanol–water partition coefficient (Wildman–Crippen LogP) is 0.857. The van der Waals surface area contributed by atoms with Gasteiger partial charge in [0.1, 0.15) is 12.4 Å². The number of ketones is 1. The SMILES string of the molecule is C#CCOC1=C(C)OCCC1=O. The van der Waals surface area contributed by atoms with E-state index in [1.807, 2.05) is 0 Å². The molecule has 3 nitrogen and oxygen atoms in total. The minimum absolute atomic E-state index is 0.0333. The van der Waals surface area contributed by atoms with Crippen LogP contribution in [0.2, 0.25) is 0 Å². The molecule has 0 aliphatic carbocycles. The Balaban J connectivity index is 2.69. The summed E-state index contributed by atoms with van der Waals surface area (Å²) in [4.78, 5) is 11.2. The molecule has 0 fully saturated rings. The van der Waals surface area contributed by atoms with Crippen molar-refractivity contribution in [2.45, 2.75) is 13.3 Å². The number of hydrogen-bond donors (Lipinski definition) is 0. The van der Waals surface area contributed by atoms with Gasteiger partial charge in [0.15, 0.2) is 0 Å². The summed E-state index contributed by atoms with van der Waals surface area (Å²) < 4.78 is 10.1. The fraction of sp³-hybridized carbons (Fsp3) is 0.444. The lowest BCUT2D eigenvalue weighted by Crippen LogP contribution is -2.17. The van der Waals surface area contributed by atoms with Crippen LogP contribution in [0.25, 0.3) is 0 Å². The van der Waals surface area contributed by atoms with Crippen molar-refractivity contribution >= 4 is 5.78 Å². The molecule has 0 aromatic carbocycles. The maximum absolute atomic E-state index is 11.2. The summed E-state index contributed by atoms with van der Waals surface area (Å²) in [5.41, 5.74) is 0. The summed E-state index contributed by atoms with van der Waals surface area (Å²) in [5, 5.41) is 0. The van der Waals surface area contributed by atoms with Crippen LogP contribution in [0, 0.1) is 12.3 Å². The van der Waals surface area contributed by atoms with Crippen LogP contribution in [0.1, 0.15) is 13.3 Å². The average Bonchev–Trinajstić information content (AvgIpc) is 2.04. The summed E-state index contributed by atoms with van der Waals surface area (Å²) in [5.74, 6) is 3.06. The topological polar surface area (TPSA) is 35.5 Å². The zero-order valence-electron chi connectivity index (χ0n) is 6.92. The van der Waals surface area contributed by atoms with Gasteiger partial charge in [-0.25, -0.2) is 0 Å². The van der Waals surface area contributed by atoms with Crippen LogP contribution in [-0.4, -0.2) is 19.0 Å². The first-order valence-corrected chi connectivity index (χ1v) is 3.69. The first-order chi connectivity index (χ1) is 5.75. The standard InChI is InChI=1S/C9H10O3/c1-3-5-12-9-7(2)11-6-4-8(9)10/h1H,4-6H2,2H3. The van der Waals surface area contributed by atoms with E-state index in [0.29, 0.717) is 18.8 Å². The third-order valence-electron chi connectivity index (χ3n) is 1.52. The number of hydrogen-bond acceptors (Lipinski definition) is 3. The lowest BCUT2D eigenvalue weighted by Gasteiger charge is -2.16. The molecular formula is C9H10O3. The average molecular weight is 166 g/mol. The molecule has 0 saturated heterocycles. The molecule has 0 bridgehead atoms. The van der Waals surface area contributed by atoms with Crippen molar-refractivity contribution in [2.24, 2.45) is 0 Å². The molecule has 64 valence electrons. The molecule has 0 spiro atoms. The molecule has 0 N–H and O–H groups in total. The molecule has 1 aliphatic rings. The van der Waals surface area contributed by atoms with Gasteiger partial charge in [-0.2, -0.15) is 0 Å². The lowest BCUT2D eigenvalue weighted by atomic mass is 10.2. The largest absolute Gasteiger partial charge is 0.494 e. The number of carbonyl (C=O) groups excluding carboxylic acids is 1. The van der Waals surface area contributed by atoms with E-state index in [0.717, 1.165) is 0 Å². The summed E-state index contributed by atoms with van der Waals surface area (Å²) in [7, 11) is 0. The highest BCUT2D eigenvalue weighted by molar-refractivity contribution is 5.94. The molecule has 1 rings (SSSR count). The summed E-state index contributed by atoms with van der Waals surface area (Å²) in [6.45, 7) is 2.25. The second kappa shape index (κ2) is 3.82. The zero-order valence-corrected chi connectivity index (χ0v) is 6.92. The van der Waals surface area contributed by atoms with Gasteiger partial charge < -0.3 is 9.47 Å². The van der Waals surface area contributed by atoms with Gasteiger partial charge in [-0.3, -0.25) is 4.79 Å². The van der Waals surface area contributed by atoms with Gasteiger partial charge in [0.2, 0.25) is 11.5 Å². The molecular weight excluding hydrogens is 156 g/mol. The van der Waals surface area contributed by atoms with Gasteiger partial charge in [0.25, 0.3) is 0 Å². The second-order valence-electron chi connectivity index (χ2n) is 2.40. The van der Waals surface area contributed by atoms with Crippen molar-refractivity contribution < 1.29 is 14.3 Å². The number of terminal acetylenes is 1. The number of ether oxygens (including phenoxy) is 2. The van der Waals surface area contributed by atoms with Gasteiger partial charge in [0, 0.05) is 6.42 Å². The highest BCUT2D eigenvalue weighted by atomic mass is 16.5. The van der Waals surface area contributed by atoms with Crippen LogP contribution in [0.5, 0.6) is 0 Å². The Bertz CT molecular complexity index is 257. The number of rotatable bonds is 2. The fourth-order valence-corrected chi connectivity index (χ4v) is 0.968. The summed E-state index contributed by atoms with van der Waals surface area (Å²) in [6, 6.07) is 0. The Morgan fingerprint density at radius 1 is 1.75 bits per heavy atom. The normalized spacial score (nSPS) is 16.8. The molecule has 12 heavy (non-hydrogen) atoms. The van der Waals surface area contributed by atoms with E-state index >= 15 is 0 Å². The first kappa shape index (κ1) is 8.66. The van der Waals surface area contributed by atoms with E-state index in [1.54, 1.807) is 6.92 Å². The van der Waals surface area contributed by atoms with Crippen LogP contribution in [-0.2, 0) is 14.3 Å². The van der Waals surface area contributed by atoms with Crippen molar-refractivity contribution in [3.8, 4) is 12.3 Å². The van der Waals surface area contributed by atoms with Crippen LogP contribution < -0.4 is 0 Å². The number of allylic oxidation sites excluding steroid dienone is 2. The fourth-order valence-electron chi connectivity index (χ4n) is 0.968. The van der Waals surface area contributed by atoms with E-state index in [9.17, 15) is 4.79 Å². The monoisotopic (exact) mass is 166 g/mol. The van der Waals surface area contributed by atoms with Gasteiger partial charge in [-0.05, 0) is 6.92 Å². The highest BCUT2D eigenvalue weighted by Crippen LogP contribution is 2.16. The Hall–Kier alpha value is -1.43. The molecule has 1 aliphatic heterocycles. The van der Waals surface area contributed by atoms with E-state index in [2.05, 4.69) is 5.92 Å². The van der Waals surface area contributed by atoms with Crippen LogP contribution in [0.4, 0.5) is 0 Å². The van der Waals surface area contributed by atoms with E-state index in [4.69, 9.17) is 15.9 Å². The Morgan fingerprint density at radius 2 is 2.50 bits per heavy atom. The molecule has 1 heterocycles. The molecule has 3 heteroatoms. The molecule has 0 amide bonds. The molecule has 0 unspecified atom stereocenters. The Morgan fingerprint density at radius 3 is 3.08 bits per heavy atom. The van der Waals surface area contributed by atoms with Gasteiger partial charge in [0.05, 0.1) is 6.61 Å². The summed E-state index contributed by atoms with van der Waals surface area (Å²) in [6.07, 6.45) is 5.36. The van der Waals surface area contributed by atoms with E-state index in [-0.39, 0.29) is 18.1 Å². The highest BCUT2D eigenvalue weighted by Gasteiger charge is 2.20. The zero-order chi connectivity index (χ0) is 8.97. The smallest absolute Gasteiger partial charge is 0.204 e. The van der Waals surface area contributed by atoms with Crippen LogP contribution >= 0.6 is 0 Å². The van der Waals surface area contributed by atoms with Crippen LogP contribution in [0.3, 0.4) is 0 Å². The minimum Gasteiger partial charge on any atom is -0.494 e. The number of Topliss-reactive ketones (excluding diaryl/α,β-unsaturated/α-hetero) is 1. The quantitative estimate of drug-likeness (QED) is 0.571. The van der Waals surface area contributed by atoms with Gasteiger partial charge in [-0.1, -0.05) is 5.92 Å². The van der Waals surface area contributed by atoms with Crippen molar-refractivity contribution in [1.82, 2.24) is 0 Å². The van der Waals surface area contributed by atoms with Gasteiger partial charge in [-0.15, -0.1) is 6.42 Å². The lowest BCUT2D eigenvalue weighted by molar-refractivity contribution is -0.121. The Labute approximate surface area is 71.4 Å². The maximum Gasteiger partial charge on any atom is 0.204 e. The van der Waals surface area contributed by atoms with Crippen LogP contribution in [0.15, 0.2) is 11.5 Å². The first-order valence-electron chi connectivity index (χ1n) is 3.69. The van der Waals surface area contributed by atoms with Crippen molar-refractivity contribution in [2.75, 3.05) is 13.2 Å². The third-order valence-corrected chi connectivity index (χ3v) is 1.52. The maximum atomic E-state index is 11.2. The Kier molecular flexibility index (Phi) is 2.76. The predicted molar refractivity (Wildman–Crippen MR) is 43.1 cm³/mol. The molecule has 0 atom stereocenters. The van der Waals surface area contributed by atoms with Crippen molar-refractivity contribution in [3.05, 3.63) is 11.5 Å².